The Morgan fingerprint density at radius 3 is 2.53 bits per heavy atom. The van der Waals surface area contributed by atoms with Gasteiger partial charge in [-0.2, -0.15) is 0 Å². The summed E-state index contributed by atoms with van der Waals surface area (Å²) in [7, 11) is 0. The summed E-state index contributed by atoms with van der Waals surface area (Å²) in [6, 6.07) is 15.7. The highest BCUT2D eigenvalue weighted by atomic mass is 16.5. The number of carbonyl (C=O) groups excluding carboxylic acids is 1. The molecule has 1 unspecified atom stereocenters. The lowest BCUT2D eigenvalue weighted by Gasteiger charge is -2.16. The van der Waals surface area contributed by atoms with Crippen LogP contribution in [0.25, 0.3) is 0 Å². The molecule has 1 atom stereocenters. The molecule has 0 aliphatic heterocycles. The van der Waals surface area contributed by atoms with E-state index in [2.05, 4.69) is 4.98 Å². The Morgan fingerprint density at radius 1 is 1.16 bits per heavy atom. The summed E-state index contributed by atoms with van der Waals surface area (Å²) >= 11 is 0. The van der Waals surface area contributed by atoms with Gasteiger partial charge in [-0.1, -0.05) is 36.4 Å². The third-order valence-electron chi connectivity index (χ3n) is 2.92. The Morgan fingerprint density at radius 2 is 1.89 bits per heavy atom. The van der Waals surface area contributed by atoms with Crippen LogP contribution in [0.15, 0.2) is 54.7 Å². The van der Waals surface area contributed by atoms with E-state index in [9.17, 15) is 4.79 Å². The first kappa shape index (κ1) is 13.3. The molecule has 0 bridgehead atoms. The Bertz CT molecular complexity index is 471. The average Bonchev–Trinajstić information content (AvgIpc) is 2.47. The lowest BCUT2D eigenvalue weighted by molar-refractivity contribution is -0.143. The van der Waals surface area contributed by atoms with Gasteiger partial charge in [0.1, 0.15) is 0 Å². The SMILES string of the molecule is CCOC(=O)CC(c1ccccc1)c1ccccn1. The fourth-order valence-electron chi connectivity index (χ4n) is 2.05. The molecule has 1 aromatic carbocycles. The Balaban J connectivity index is 2.26. The van der Waals surface area contributed by atoms with Crippen molar-refractivity contribution in [3.63, 3.8) is 0 Å². The summed E-state index contributed by atoms with van der Waals surface area (Å²) in [6.45, 7) is 2.22. The second kappa shape index (κ2) is 6.69. The van der Waals surface area contributed by atoms with Gasteiger partial charge in [0.2, 0.25) is 0 Å². The van der Waals surface area contributed by atoms with Crippen molar-refractivity contribution in [2.75, 3.05) is 6.61 Å². The quantitative estimate of drug-likeness (QED) is 0.770. The molecule has 19 heavy (non-hydrogen) atoms. The monoisotopic (exact) mass is 255 g/mol. The van der Waals surface area contributed by atoms with Crippen molar-refractivity contribution in [3.8, 4) is 0 Å². The van der Waals surface area contributed by atoms with E-state index in [1.165, 1.54) is 0 Å². The summed E-state index contributed by atoms with van der Waals surface area (Å²) in [5.74, 6) is -0.247. The Labute approximate surface area is 113 Å². The van der Waals surface area contributed by atoms with E-state index >= 15 is 0 Å². The van der Waals surface area contributed by atoms with Gasteiger partial charge in [0.05, 0.1) is 13.0 Å². The number of ether oxygens (including phenoxy) is 1. The van der Waals surface area contributed by atoms with Crippen molar-refractivity contribution >= 4 is 5.97 Å². The minimum atomic E-state index is -0.193. The Kier molecular flexibility index (Phi) is 4.67. The van der Waals surface area contributed by atoms with Gasteiger partial charge < -0.3 is 4.74 Å². The van der Waals surface area contributed by atoms with Crippen molar-refractivity contribution < 1.29 is 9.53 Å². The molecule has 0 saturated carbocycles. The molecule has 3 nitrogen and oxygen atoms in total. The molecule has 98 valence electrons. The van der Waals surface area contributed by atoms with Gasteiger partial charge in [0.15, 0.2) is 0 Å². The van der Waals surface area contributed by atoms with Gasteiger partial charge >= 0.3 is 5.97 Å². The van der Waals surface area contributed by atoms with E-state index in [0.717, 1.165) is 11.3 Å². The average molecular weight is 255 g/mol. The van der Waals surface area contributed by atoms with Crippen LogP contribution < -0.4 is 0 Å². The molecule has 2 rings (SSSR count). The molecule has 2 aromatic rings. The lowest BCUT2D eigenvalue weighted by Crippen LogP contribution is -2.12. The number of benzene rings is 1. The molecule has 1 heterocycles. The maximum Gasteiger partial charge on any atom is 0.306 e. The van der Waals surface area contributed by atoms with Crippen LogP contribution in [0.2, 0.25) is 0 Å². The highest BCUT2D eigenvalue weighted by molar-refractivity contribution is 5.71. The van der Waals surface area contributed by atoms with E-state index in [0.29, 0.717) is 13.0 Å². The molecule has 0 radical (unpaired) electrons. The molecule has 0 aliphatic carbocycles. The molecule has 3 heteroatoms. The van der Waals surface area contributed by atoms with Crippen LogP contribution in [0.5, 0.6) is 0 Å². The molecular weight excluding hydrogens is 238 g/mol. The van der Waals surface area contributed by atoms with Gasteiger partial charge in [0, 0.05) is 17.8 Å². The van der Waals surface area contributed by atoms with Crippen molar-refractivity contribution in [2.24, 2.45) is 0 Å². The maximum atomic E-state index is 11.8. The van der Waals surface area contributed by atoms with Crippen LogP contribution in [0.1, 0.15) is 30.5 Å². The minimum Gasteiger partial charge on any atom is -0.466 e. The highest BCUT2D eigenvalue weighted by Gasteiger charge is 2.19. The number of aromatic nitrogens is 1. The predicted octanol–water partition coefficient (Wildman–Crippen LogP) is 3.17. The summed E-state index contributed by atoms with van der Waals surface area (Å²) in [5, 5.41) is 0. The standard InChI is InChI=1S/C16H17NO2/c1-2-19-16(18)12-14(13-8-4-3-5-9-13)15-10-6-7-11-17-15/h3-11,14H,2,12H2,1H3. The summed E-state index contributed by atoms with van der Waals surface area (Å²) in [5.41, 5.74) is 1.97. The topological polar surface area (TPSA) is 39.2 Å². The second-order valence-corrected chi connectivity index (χ2v) is 4.23. The predicted molar refractivity (Wildman–Crippen MR) is 73.8 cm³/mol. The van der Waals surface area contributed by atoms with Crippen LogP contribution in [-0.2, 0) is 9.53 Å². The number of esters is 1. The number of pyridine rings is 1. The summed E-state index contributed by atoms with van der Waals surface area (Å²) in [4.78, 5) is 16.1. The number of nitrogens with zero attached hydrogens (tertiary/aromatic N) is 1. The smallest absolute Gasteiger partial charge is 0.306 e. The molecule has 1 aromatic heterocycles. The van der Waals surface area contributed by atoms with Crippen molar-refractivity contribution in [1.29, 1.82) is 0 Å². The first-order valence-corrected chi connectivity index (χ1v) is 6.42. The molecule has 0 spiro atoms. The van der Waals surface area contributed by atoms with Gasteiger partial charge in [-0.05, 0) is 24.6 Å². The zero-order valence-corrected chi connectivity index (χ0v) is 11.0. The van der Waals surface area contributed by atoms with Crippen LogP contribution in [0.4, 0.5) is 0 Å². The molecule has 0 aliphatic rings. The number of hydrogen-bond acceptors (Lipinski definition) is 3. The summed E-state index contributed by atoms with van der Waals surface area (Å²) < 4.78 is 5.05. The zero-order chi connectivity index (χ0) is 13.5. The van der Waals surface area contributed by atoms with Crippen molar-refractivity contribution in [2.45, 2.75) is 19.3 Å². The van der Waals surface area contributed by atoms with Crippen LogP contribution in [0.3, 0.4) is 0 Å². The van der Waals surface area contributed by atoms with Crippen LogP contribution >= 0.6 is 0 Å². The van der Waals surface area contributed by atoms with E-state index in [1.807, 2.05) is 55.5 Å². The Hall–Kier alpha value is -2.16. The molecule has 0 N–H and O–H groups in total. The maximum absolute atomic E-state index is 11.8. The normalized spacial score (nSPS) is 11.8. The van der Waals surface area contributed by atoms with Gasteiger partial charge in [-0.15, -0.1) is 0 Å². The number of hydrogen-bond donors (Lipinski definition) is 0. The highest BCUT2D eigenvalue weighted by Crippen LogP contribution is 2.26. The van der Waals surface area contributed by atoms with Gasteiger partial charge in [-0.3, -0.25) is 9.78 Å². The van der Waals surface area contributed by atoms with E-state index in [1.54, 1.807) is 6.20 Å². The first-order chi connectivity index (χ1) is 9.31. The number of carbonyl (C=O) groups is 1. The fraction of sp³-hybridized carbons (Fsp3) is 0.250. The van der Waals surface area contributed by atoms with Crippen LogP contribution in [0, 0.1) is 0 Å². The summed E-state index contributed by atoms with van der Waals surface area (Å²) in [6.07, 6.45) is 2.06. The van der Waals surface area contributed by atoms with Crippen LogP contribution in [-0.4, -0.2) is 17.6 Å². The van der Waals surface area contributed by atoms with E-state index in [-0.39, 0.29) is 11.9 Å². The van der Waals surface area contributed by atoms with Gasteiger partial charge in [0.25, 0.3) is 0 Å². The zero-order valence-electron chi connectivity index (χ0n) is 11.0. The molecule has 0 amide bonds. The van der Waals surface area contributed by atoms with E-state index < -0.39 is 0 Å². The molecular formula is C16H17NO2. The molecule has 0 fully saturated rings. The second-order valence-electron chi connectivity index (χ2n) is 4.23. The fourth-order valence-corrected chi connectivity index (χ4v) is 2.05. The minimum absolute atomic E-state index is 0.0542. The third-order valence-corrected chi connectivity index (χ3v) is 2.92. The first-order valence-electron chi connectivity index (χ1n) is 6.42. The molecule has 0 saturated heterocycles. The number of rotatable bonds is 5. The van der Waals surface area contributed by atoms with Crippen molar-refractivity contribution in [3.05, 3.63) is 66.0 Å². The third kappa shape index (κ3) is 3.65. The lowest BCUT2D eigenvalue weighted by atomic mass is 9.92. The van der Waals surface area contributed by atoms with Gasteiger partial charge in [-0.25, -0.2) is 0 Å². The van der Waals surface area contributed by atoms with Crippen molar-refractivity contribution in [1.82, 2.24) is 4.98 Å². The largest absolute Gasteiger partial charge is 0.466 e. The van der Waals surface area contributed by atoms with E-state index in [4.69, 9.17) is 4.74 Å².